The van der Waals surface area contributed by atoms with Gasteiger partial charge in [0.15, 0.2) is 0 Å². The van der Waals surface area contributed by atoms with Crippen molar-refractivity contribution in [1.29, 1.82) is 0 Å². The molecule has 1 N–H and O–H groups in total. The molecular formula is C34H31N3O4. The molecule has 3 aromatic carbocycles. The van der Waals surface area contributed by atoms with E-state index in [1.807, 2.05) is 47.4 Å². The van der Waals surface area contributed by atoms with Crippen LogP contribution in [0, 0.1) is 5.92 Å². The van der Waals surface area contributed by atoms with Crippen LogP contribution < -0.4 is 5.32 Å². The summed E-state index contributed by atoms with van der Waals surface area (Å²) in [5.74, 6) is -0.149. The van der Waals surface area contributed by atoms with Crippen LogP contribution in [0.15, 0.2) is 91.3 Å². The highest BCUT2D eigenvalue weighted by Crippen LogP contribution is 2.47. The largest absolute Gasteiger partial charge is 0.465 e. The van der Waals surface area contributed by atoms with Crippen LogP contribution in [0.1, 0.15) is 55.3 Å². The zero-order valence-electron chi connectivity index (χ0n) is 22.9. The Morgan fingerprint density at radius 2 is 1.78 bits per heavy atom. The number of pyridine rings is 1. The van der Waals surface area contributed by atoms with Gasteiger partial charge in [0.25, 0.3) is 5.91 Å². The van der Waals surface area contributed by atoms with Gasteiger partial charge in [-0.15, -0.1) is 0 Å². The van der Waals surface area contributed by atoms with Crippen molar-refractivity contribution in [3.63, 3.8) is 0 Å². The fourth-order valence-corrected chi connectivity index (χ4v) is 5.82. The fraction of sp³-hybridized carbons (Fsp3) is 0.235. The highest BCUT2D eigenvalue weighted by atomic mass is 16.5. The Kier molecular flexibility index (Phi) is 7.33. The van der Waals surface area contributed by atoms with Gasteiger partial charge in [-0.25, -0.2) is 4.79 Å². The molecule has 0 saturated heterocycles. The summed E-state index contributed by atoms with van der Waals surface area (Å²) in [6, 6.07) is 25.2. The van der Waals surface area contributed by atoms with Crippen LogP contribution in [0.5, 0.6) is 0 Å². The van der Waals surface area contributed by atoms with Crippen molar-refractivity contribution in [2.75, 3.05) is 13.7 Å². The summed E-state index contributed by atoms with van der Waals surface area (Å²) in [6.07, 6.45) is 4.75. The number of hydrogen-bond donors (Lipinski definition) is 1. The van der Waals surface area contributed by atoms with Crippen LogP contribution in [0.4, 0.5) is 0 Å². The second-order valence-corrected chi connectivity index (χ2v) is 10.6. The van der Waals surface area contributed by atoms with Crippen molar-refractivity contribution >= 4 is 17.8 Å². The number of aromatic nitrogens is 1. The fourth-order valence-electron chi connectivity index (χ4n) is 5.82. The molecular weight excluding hydrogens is 514 g/mol. The van der Waals surface area contributed by atoms with E-state index >= 15 is 0 Å². The first-order chi connectivity index (χ1) is 20.0. The lowest BCUT2D eigenvalue weighted by atomic mass is 9.87. The molecule has 1 aromatic heterocycles. The number of benzene rings is 3. The number of nitrogens with zero attached hydrogens (tertiary/aromatic N) is 2. The third-order valence-electron chi connectivity index (χ3n) is 8.11. The van der Waals surface area contributed by atoms with Crippen molar-refractivity contribution < 1.29 is 19.1 Å². The predicted octanol–water partition coefficient (Wildman–Crippen LogP) is 5.15. The maximum atomic E-state index is 13.3. The zero-order chi connectivity index (χ0) is 28.3. The number of ether oxygens (including phenoxy) is 1. The van der Waals surface area contributed by atoms with Crippen LogP contribution in [0.2, 0.25) is 0 Å². The Bertz CT molecular complexity index is 1600. The van der Waals surface area contributed by atoms with Crippen LogP contribution in [0.3, 0.4) is 0 Å². The predicted molar refractivity (Wildman–Crippen MR) is 155 cm³/mol. The maximum Gasteiger partial charge on any atom is 0.337 e. The number of fused-ring (bicyclic) bond motifs is 1. The molecule has 7 nitrogen and oxygen atoms in total. The first kappa shape index (κ1) is 26.4. The summed E-state index contributed by atoms with van der Waals surface area (Å²) >= 11 is 0. The molecule has 206 valence electrons. The van der Waals surface area contributed by atoms with Crippen molar-refractivity contribution in [1.82, 2.24) is 15.2 Å². The molecule has 0 bridgehead atoms. The highest BCUT2D eigenvalue weighted by molar-refractivity contribution is 5.94. The first-order valence-corrected chi connectivity index (χ1v) is 13.9. The third kappa shape index (κ3) is 5.48. The summed E-state index contributed by atoms with van der Waals surface area (Å²) in [5.41, 5.74) is 7.31. The number of rotatable bonds is 7. The van der Waals surface area contributed by atoms with E-state index in [1.165, 1.54) is 12.7 Å². The Hall–Kier alpha value is -4.78. The first-order valence-electron chi connectivity index (χ1n) is 13.9. The van der Waals surface area contributed by atoms with Gasteiger partial charge in [0.05, 0.1) is 18.2 Å². The van der Waals surface area contributed by atoms with Gasteiger partial charge in [-0.3, -0.25) is 14.6 Å². The lowest BCUT2D eigenvalue weighted by molar-refractivity contribution is -0.122. The topological polar surface area (TPSA) is 88.6 Å². The molecule has 0 spiro atoms. The second kappa shape index (κ2) is 11.4. The summed E-state index contributed by atoms with van der Waals surface area (Å²) in [6.45, 7) is 1.37. The molecule has 41 heavy (non-hydrogen) atoms. The Morgan fingerprint density at radius 1 is 0.951 bits per heavy atom. The number of carbonyl (C=O) groups is 3. The maximum absolute atomic E-state index is 13.3. The minimum absolute atomic E-state index is 0.0165. The number of carbonyl (C=O) groups excluding carboxylic acids is 3. The van der Waals surface area contributed by atoms with Gasteiger partial charge in [-0.1, -0.05) is 54.6 Å². The Morgan fingerprint density at radius 3 is 2.56 bits per heavy atom. The van der Waals surface area contributed by atoms with E-state index in [0.717, 1.165) is 34.2 Å². The Balaban J connectivity index is 1.28. The van der Waals surface area contributed by atoms with Crippen molar-refractivity contribution in [3.8, 4) is 11.1 Å². The van der Waals surface area contributed by atoms with Crippen LogP contribution in [-0.4, -0.2) is 41.3 Å². The molecule has 1 aliphatic carbocycles. The minimum Gasteiger partial charge on any atom is -0.465 e. The van der Waals surface area contributed by atoms with Crippen LogP contribution >= 0.6 is 0 Å². The highest BCUT2D eigenvalue weighted by Gasteiger charge is 2.43. The van der Waals surface area contributed by atoms with Crippen molar-refractivity contribution in [3.05, 3.63) is 125 Å². The van der Waals surface area contributed by atoms with E-state index in [-0.39, 0.29) is 29.6 Å². The van der Waals surface area contributed by atoms with E-state index in [4.69, 9.17) is 4.74 Å². The third-order valence-corrected chi connectivity index (χ3v) is 8.11. The van der Waals surface area contributed by atoms with Gasteiger partial charge in [0.1, 0.15) is 0 Å². The van der Waals surface area contributed by atoms with E-state index in [0.29, 0.717) is 37.2 Å². The normalized spacial score (nSPS) is 17.3. The quantitative estimate of drug-likeness (QED) is 0.325. The van der Waals surface area contributed by atoms with E-state index in [1.54, 1.807) is 30.6 Å². The van der Waals surface area contributed by atoms with E-state index in [9.17, 15) is 14.4 Å². The van der Waals surface area contributed by atoms with Gasteiger partial charge < -0.3 is 15.0 Å². The zero-order valence-corrected chi connectivity index (χ0v) is 22.9. The number of esters is 1. The molecule has 2 heterocycles. The molecule has 2 amide bonds. The summed E-state index contributed by atoms with van der Waals surface area (Å²) < 4.78 is 4.93. The molecule has 2 atom stereocenters. The number of hydrogen-bond acceptors (Lipinski definition) is 5. The molecule has 2 aliphatic rings. The molecule has 1 fully saturated rings. The van der Waals surface area contributed by atoms with Crippen molar-refractivity contribution in [2.45, 2.75) is 31.8 Å². The monoisotopic (exact) mass is 545 g/mol. The molecule has 1 saturated carbocycles. The number of amides is 2. The lowest BCUT2D eigenvalue weighted by Crippen LogP contribution is -2.37. The molecule has 4 aromatic rings. The van der Waals surface area contributed by atoms with Gasteiger partial charge in [0.2, 0.25) is 5.91 Å². The van der Waals surface area contributed by atoms with Gasteiger partial charge in [0, 0.05) is 37.9 Å². The summed E-state index contributed by atoms with van der Waals surface area (Å²) in [4.78, 5) is 44.6. The summed E-state index contributed by atoms with van der Waals surface area (Å²) in [7, 11) is 1.37. The minimum atomic E-state index is -0.387. The van der Waals surface area contributed by atoms with Crippen LogP contribution in [-0.2, 0) is 29.0 Å². The van der Waals surface area contributed by atoms with E-state index in [2.05, 4.69) is 28.5 Å². The van der Waals surface area contributed by atoms with Crippen LogP contribution in [0.25, 0.3) is 11.1 Å². The molecule has 1 aliphatic heterocycles. The molecule has 0 radical (unpaired) electrons. The number of nitrogens with one attached hydrogen (secondary N) is 1. The molecule has 0 unspecified atom stereocenters. The summed E-state index contributed by atoms with van der Waals surface area (Å²) in [5, 5.41) is 3.16. The van der Waals surface area contributed by atoms with Crippen molar-refractivity contribution in [2.24, 2.45) is 5.92 Å². The van der Waals surface area contributed by atoms with Gasteiger partial charge in [-0.2, -0.15) is 0 Å². The average molecular weight is 546 g/mol. The Labute approximate surface area is 239 Å². The molecule has 7 heteroatoms. The SMILES string of the molecule is COC(=O)c1cccc(-c2ccc(CNC(=O)[C@@H]3C[C@@H]3c3ccccc3)c3c2CCN(C(=O)c2cccnc2)C3)c1. The van der Waals surface area contributed by atoms with Gasteiger partial charge >= 0.3 is 5.97 Å². The second-order valence-electron chi connectivity index (χ2n) is 10.6. The average Bonchev–Trinajstić information content (AvgIpc) is 3.85. The van der Waals surface area contributed by atoms with Gasteiger partial charge in [-0.05, 0) is 76.4 Å². The number of methoxy groups -OCH3 is 1. The van der Waals surface area contributed by atoms with E-state index < -0.39 is 0 Å². The smallest absolute Gasteiger partial charge is 0.337 e. The standard InChI is InChI=1S/C34H31N3O4/c1-41-34(40)24-10-5-9-23(17-24)27-13-12-25(20-36-32(38)30-18-29(30)22-7-3-2-4-8-22)31-21-37(16-14-28(27)31)33(39)26-11-6-15-35-19-26/h2-13,15,17,19,29-30H,14,16,18,20-21H2,1H3,(H,36,38)/t29-,30-/m1/s1. The molecule has 6 rings (SSSR count). The lowest BCUT2D eigenvalue weighted by Gasteiger charge is -2.32.